The normalized spacial score (nSPS) is 24.0. The molecule has 1 aliphatic rings. The van der Waals surface area contributed by atoms with Crippen molar-refractivity contribution in [1.82, 2.24) is 9.97 Å². The van der Waals surface area contributed by atoms with E-state index in [4.69, 9.17) is 21.4 Å². The summed E-state index contributed by atoms with van der Waals surface area (Å²) in [4.78, 5) is 8.59. The van der Waals surface area contributed by atoms with Crippen molar-refractivity contribution in [2.24, 2.45) is 0 Å². The number of aliphatic hydroxyl groups excluding tert-OH is 1. The van der Waals surface area contributed by atoms with Gasteiger partial charge in [-0.15, -0.1) is 0 Å². The Bertz CT molecular complexity index is 486. The molecule has 0 aromatic carbocycles. The van der Waals surface area contributed by atoms with E-state index in [-0.39, 0.29) is 25.1 Å². The second-order valence-corrected chi connectivity index (χ2v) is 4.87. The van der Waals surface area contributed by atoms with Gasteiger partial charge in [-0.25, -0.2) is 9.97 Å². The van der Waals surface area contributed by atoms with Gasteiger partial charge >= 0.3 is 6.18 Å². The van der Waals surface area contributed by atoms with Gasteiger partial charge in [0.25, 0.3) is 0 Å². The molecule has 1 fully saturated rings. The summed E-state index contributed by atoms with van der Waals surface area (Å²) in [5.41, 5.74) is -1.09. The zero-order valence-corrected chi connectivity index (χ0v) is 11.3. The topological polar surface area (TPSA) is 58.5 Å². The van der Waals surface area contributed by atoms with Crippen LogP contribution in [0.4, 0.5) is 19.0 Å². The molecule has 112 valence electrons. The van der Waals surface area contributed by atoms with Crippen molar-refractivity contribution in [3.05, 3.63) is 17.0 Å². The maximum atomic E-state index is 12.7. The SMILES string of the molecule is CC1CN(c2cc(C(F)(F)F)nc(Cl)n2)CC(CO)O1. The summed E-state index contributed by atoms with van der Waals surface area (Å²) < 4.78 is 43.5. The highest BCUT2D eigenvalue weighted by molar-refractivity contribution is 6.28. The maximum absolute atomic E-state index is 12.7. The van der Waals surface area contributed by atoms with Gasteiger partial charge in [0.2, 0.25) is 5.28 Å². The van der Waals surface area contributed by atoms with Crippen molar-refractivity contribution in [2.75, 3.05) is 24.6 Å². The molecule has 5 nitrogen and oxygen atoms in total. The lowest BCUT2D eigenvalue weighted by atomic mass is 10.2. The van der Waals surface area contributed by atoms with Crippen LogP contribution in [0.5, 0.6) is 0 Å². The molecule has 9 heteroatoms. The summed E-state index contributed by atoms with van der Waals surface area (Å²) >= 11 is 5.55. The predicted molar refractivity (Wildman–Crippen MR) is 65.7 cm³/mol. The molecule has 2 heterocycles. The molecule has 0 bridgehead atoms. The van der Waals surface area contributed by atoms with Crippen LogP contribution < -0.4 is 4.90 Å². The third-order valence-corrected chi connectivity index (χ3v) is 3.00. The van der Waals surface area contributed by atoms with Crippen molar-refractivity contribution in [3.63, 3.8) is 0 Å². The summed E-state index contributed by atoms with van der Waals surface area (Å²) in [6, 6.07) is 0.846. The molecular formula is C11H13ClF3N3O2. The first-order valence-electron chi connectivity index (χ1n) is 5.92. The molecule has 1 N–H and O–H groups in total. The zero-order chi connectivity index (χ0) is 14.9. The Morgan fingerprint density at radius 1 is 1.45 bits per heavy atom. The van der Waals surface area contributed by atoms with Crippen molar-refractivity contribution in [2.45, 2.75) is 25.3 Å². The minimum Gasteiger partial charge on any atom is -0.394 e. The maximum Gasteiger partial charge on any atom is 0.433 e. The van der Waals surface area contributed by atoms with Crippen molar-refractivity contribution < 1.29 is 23.0 Å². The van der Waals surface area contributed by atoms with Gasteiger partial charge < -0.3 is 14.7 Å². The number of nitrogens with zero attached hydrogens (tertiary/aromatic N) is 3. The van der Waals surface area contributed by atoms with E-state index in [9.17, 15) is 13.2 Å². The van der Waals surface area contributed by atoms with Crippen LogP contribution in [0.1, 0.15) is 12.6 Å². The van der Waals surface area contributed by atoms with Crippen LogP contribution in [-0.4, -0.2) is 47.0 Å². The Morgan fingerprint density at radius 2 is 2.15 bits per heavy atom. The van der Waals surface area contributed by atoms with Crippen molar-refractivity contribution in [3.8, 4) is 0 Å². The van der Waals surface area contributed by atoms with E-state index in [1.807, 2.05) is 0 Å². The van der Waals surface area contributed by atoms with E-state index >= 15 is 0 Å². The molecule has 1 saturated heterocycles. The first-order chi connectivity index (χ1) is 9.29. The molecule has 1 aliphatic heterocycles. The standard InChI is InChI=1S/C11H13ClF3N3O2/c1-6-3-18(4-7(5-19)20-6)9-2-8(11(13,14)15)16-10(12)17-9/h2,6-7,19H,3-5H2,1H3. The van der Waals surface area contributed by atoms with Gasteiger partial charge in [0.1, 0.15) is 5.82 Å². The van der Waals surface area contributed by atoms with Crippen molar-refractivity contribution >= 4 is 17.4 Å². The average molecular weight is 312 g/mol. The van der Waals surface area contributed by atoms with Crippen LogP contribution in [0.2, 0.25) is 5.28 Å². The Kier molecular flexibility index (Phi) is 4.36. The van der Waals surface area contributed by atoms with E-state index in [0.717, 1.165) is 6.07 Å². The fourth-order valence-corrected chi connectivity index (χ4v) is 2.22. The molecule has 0 spiro atoms. The molecule has 2 unspecified atom stereocenters. The van der Waals surface area contributed by atoms with E-state index in [1.165, 1.54) is 0 Å². The Balaban J connectivity index is 2.30. The predicted octanol–water partition coefficient (Wildman–Crippen LogP) is 1.73. The first-order valence-corrected chi connectivity index (χ1v) is 6.30. The van der Waals surface area contributed by atoms with Gasteiger partial charge in [0.05, 0.1) is 18.8 Å². The van der Waals surface area contributed by atoms with Gasteiger partial charge in [0, 0.05) is 19.2 Å². The molecule has 0 amide bonds. The Morgan fingerprint density at radius 3 is 2.75 bits per heavy atom. The fourth-order valence-electron chi connectivity index (χ4n) is 2.05. The Labute approximate surface area is 118 Å². The Hall–Kier alpha value is -1.12. The number of hydrogen-bond donors (Lipinski definition) is 1. The molecule has 0 saturated carbocycles. The van der Waals surface area contributed by atoms with Crippen LogP contribution >= 0.6 is 11.6 Å². The number of hydrogen-bond acceptors (Lipinski definition) is 5. The van der Waals surface area contributed by atoms with Gasteiger partial charge in [-0.2, -0.15) is 13.2 Å². The number of aromatic nitrogens is 2. The highest BCUT2D eigenvalue weighted by Crippen LogP contribution is 2.31. The average Bonchev–Trinajstić information content (AvgIpc) is 2.36. The first kappa shape index (κ1) is 15.3. The summed E-state index contributed by atoms with van der Waals surface area (Å²) in [7, 11) is 0. The van der Waals surface area contributed by atoms with E-state index in [0.29, 0.717) is 6.54 Å². The van der Waals surface area contributed by atoms with Crippen LogP contribution in [0, 0.1) is 0 Å². The monoisotopic (exact) mass is 311 g/mol. The molecule has 20 heavy (non-hydrogen) atoms. The number of aliphatic hydroxyl groups is 1. The van der Waals surface area contributed by atoms with Gasteiger partial charge in [-0.3, -0.25) is 0 Å². The van der Waals surface area contributed by atoms with Gasteiger partial charge in [0.15, 0.2) is 5.69 Å². The van der Waals surface area contributed by atoms with Crippen molar-refractivity contribution in [1.29, 1.82) is 0 Å². The fraction of sp³-hybridized carbons (Fsp3) is 0.636. The molecule has 2 atom stereocenters. The summed E-state index contributed by atoms with van der Waals surface area (Å²) in [5, 5.41) is 8.66. The molecule has 1 aromatic heterocycles. The van der Waals surface area contributed by atoms with Gasteiger partial charge in [-0.05, 0) is 18.5 Å². The molecule has 0 aliphatic carbocycles. The van der Waals surface area contributed by atoms with Crippen LogP contribution in [0.25, 0.3) is 0 Å². The lowest BCUT2D eigenvalue weighted by molar-refractivity contribution is -0.141. The largest absolute Gasteiger partial charge is 0.433 e. The summed E-state index contributed by atoms with van der Waals surface area (Å²) in [6.45, 7) is 2.15. The highest BCUT2D eigenvalue weighted by atomic mass is 35.5. The molecule has 1 aromatic rings. The third kappa shape index (κ3) is 3.50. The minimum absolute atomic E-state index is 0.0749. The second-order valence-electron chi connectivity index (χ2n) is 4.53. The number of morpholine rings is 1. The number of halogens is 4. The number of anilines is 1. The molecule has 2 rings (SSSR count). The minimum atomic E-state index is -4.59. The summed E-state index contributed by atoms with van der Waals surface area (Å²) in [6.07, 6.45) is -5.29. The smallest absolute Gasteiger partial charge is 0.394 e. The van der Waals surface area contributed by atoms with E-state index in [1.54, 1.807) is 11.8 Å². The number of alkyl halides is 3. The third-order valence-electron chi connectivity index (χ3n) is 2.83. The zero-order valence-electron chi connectivity index (χ0n) is 10.6. The molecular weight excluding hydrogens is 299 g/mol. The van der Waals surface area contributed by atoms with Gasteiger partial charge in [-0.1, -0.05) is 0 Å². The second kappa shape index (κ2) is 5.71. The van der Waals surface area contributed by atoms with Crippen LogP contribution in [-0.2, 0) is 10.9 Å². The van der Waals surface area contributed by atoms with Crippen LogP contribution in [0.3, 0.4) is 0 Å². The summed E-state index contributed by atoms with van der Waals surface area (Å²) in [5.74, 6) is 0.0749. The lowest BCUT2D eigenvalue weighted by Gasteiger charge is -2.36. The number of rotatable bonds is 2. The van der Waals surface area contributed by atoms with Crippen LogP contribution in [0.15, 0.2) is 6.07 Å². The quantitative estimate of drug-likeness (QED) is 0.843. The van der Waals surface area contributed by atoms with E-state index in [2.05, 4.69) is 9.97 Å². The van der Waals surface area contributed by atoms with E-state index < -0.39 is 23.3 Å². The molecule has 0 radical (unpaired) electrons. The lowest BCUT2D eigenvalue weighted by Crippen LogP contribution is -2.48. The number of ether oxygens (including phenoxy) is 1. The highest BCUT2D eigenvalue weighted by Gasteiger charge is 2.35.